The van der Waals surface area contributed by atoms with Gasteiger partial charge in [-0.25, -0.2) is 8.78 Å². The largest absolute Gasteiger partial charge is 0.348 e. The van der Waals surface area contributed by atoms with Crippen LogP contribution in [0.1, 0.15) is 149 Å². The molecule has 8 N–H and O–H groups in total. The van der Waals surface area contributed by atoms with Gasteiger partial charge in [-0.1, -0.05) is 62.8 Å². The van der Waals surface area contributed by atoms with E-state index in [2.05, 4.69) is 42.5 Å². The molecule has 2 saturated carbocycles. The lowest BCUT2D eigenvalue weighted by Crippen LogP contribution is -2.58. The SMILES string of the molecule is CN[C@@H](C)C(=O)N[C@H](C(=O)N1C[C@@H](NC(=O)c2ccc(C(=O)N[C@H]3C[C@@H](C(=O)N[C@H](C)c4ccc(F)cc4)N(C(=O)[C@@H](NC(=O)[C@H](C)NC)C4CCCCC4)C3)cc2)C[C@H]1C(=O)N[C@H](C)c1ccc(F)cc1)C1CCCCC1. The molecule has 2 aliphatic carbocycles. The number of benzene rings is 3. The Morgan fingerprint density at radius 2 is 0.808 bits per heavy atom. The lowest BCUT2D eigenvalue weighted by atomic mass is 9.83. The quantitative estimate of drug-likeness (QED) is 0.0791. The number of nitrogens with one attached hydrogen (secondary N) is 8. The fourth-order valence-electron chi connectivity index (χ4n) is 11.3. The first kappa shape index (κ1) is 58.9. The van der Waals surface area contributed by atoms with E-state index in [0.717, 1.165) is 64.2 Å². The zero-order chi connectivity index (χ0) is 56.2. The van der Waals surface area contributed by atoms with Gasteiger partial charge in [-0.3, -0.25) is 38.4 Å². The van der Waals surface area contributed by atoms with Gasteiger partial charge in [-0.15, -0.1) is 0 Å². The first-order chi connectivity index (χ1) is 37.3. The van der Waals surface area contributed by atoms with Crippen LogP contribution in [0, 0.1) is 23.5 Å². The van der Waals surface area contributed by atoms with Gasteiger partial charge in [0.15, 0.2) is 0 Å². The Morgan fingerprint density at radius 1 is 0.474 bits per heavy atom. The zero-order valence-corrected chi connectivity index (χ0v) is 45.7. The smallest absolute Gasteiger partial charge is 0.251 e. The van der Waals surface area contributed by atoms with Crippen molar-refractivity contribution >= 4 is 47.3 Å². The second-order valence-corrected chi connectivity index (χ2v) is 21.8. The van der Waals surface area contributed by atoms with Gasteiger partial charge in [0, 0.05) is 36.3 Å². The Balaban J connectivity index is 1.06. The number of carbonyl (C=O) groups excluding carboxylic acids is 8. The van der Waals surface area contributed by atoms with Crippen molar-refractivity contribution < 1.29 is 47.1 Å². The Bertz CT molecular complexity index is 2420. The maximum atomic E-state index is 14.8. The molecule has 20 heteroatoms. The van der Waals surface area contributed by atoms with E-state index in [0.29, 0.717) is 11.1 Å². The molecule has 0 unspecified atom stereocenters. The summed E-state index contributed by atoms with van der Waals surface area (Å²) < 4.78 is 27.6. The molecule has 0 bridgehead atoms. The fraction of sp³-hybridized carbons (Fsp3) is 0.552. The molecule has 3 aromatic carbocycles. The second kappa shape index (κ2) is 27.2. The van der Waals surface area contributed by atoms with Crippen molar-refractivity contribution in [3.63, 3.8) is 0 Å². The third-order valence-electron chi connectivity index (χ3n) is 16.3. The maximum Gasteiger partial charge on any atom is 0.251 e. The van der Waals surface area contributed by atoms with Crippen LogP contribution in [0.15, 0.2) is 72.8 Å². The molecule has 422 valence electrons. The van der Waals surface area contributed by atoms with Gasteiger partial charge in [-0.05, 0) is 152 Å². The van der Waals surface area contributed by atoms with Gasteiger partial charge in [0.05, 0.1) is 24.2 Å². The molecule has 4 fully saturated rings. The highest BCUT2D eigenvalue weighted by Crippen LogP contribution is 2.32. The molecule has 0 radical (unpaired) electrons. The summed E-state index contributed by atoms with van der Waals surface area (Å²) in [6, 6.07) is 9.91. The highest BCUT2D eigenvalue weighted by Gasteiger charge is 2.47. The third-order valence-corrected chi connectivity index (χ3v) is 16.3. The topological polar surface area (TPSA) is 239 Å². The van der Waals surface area contributed by atoms with Crippen LogP contribution in [0.3, 0.4) is 0 Å². The predicted molar refractivity (Wildman–Crippen MR) is 289 cm³/mol. The van der Waals surface area contributed by atoms with E-state index in [4.69, 9.17) is 0 Å². The third kappa shape index (κ3) is 14.9. The van der Waals surface area contributed by atoms with E-state index in [1.165, 1.54) is 58.3 Å². The van der Waals surface area contributed by atoms with E-state index < -0.39 is 107 Å². The molecule has 7 rings (SSSR count). The van der Waals surface area contributed by atoms with Crippen molar-refractivity contribution in [3.05, 3.63) is 107 Å². The summed E-state index contributed by atoms with van der Waals surface area (Å²) in [6.45, 7) is 6.84. The number of rotatable bonds is 20. The van der Waals surface area contributed by atoms with E-state index in [1.807, 2.05) is 0 Å². The van der Waals surface area contributed by atoms with Crippen molar-refractivity contribution in [2.45, 2.75) is 165 Å². The number of hydrogen-bond acceptors (Lipinski definition) is 10. The molecule has 10 atom stereocenters. The number of likely N-dealkylation sites (tertiary alicyclic amines) is 2. The molecular formula is C58H78F2N10O8. The number of amides is 8. The lowest BCUT2D eigenvalue weighted by Gasteiger charge is -2.35. The summed E-state index contributed by atoms with van der Waals surface area (Å²) in [6.07, 6.45) is 8.61. The molecule has 0 spiro atoms. The van der Waals surface area contributed by atoms with Gasteiger partial charge < -0.3 is 52.3 Å². The van der Waals surface area contributed by atoms with Crippen LogP contribution in [0.5, 0.6) is 0 Å². The summed E-state index contributed by atoms with van der Waals surface area (Å²) in [4.78, 5) is 115. The van der Waals surface area contributed by atoms with Crippen LogP contribution in [-0.2, 0) is 28.8 Å². The number of carbonyl (C=O) groups is 8. The van der Waals surface area contributed by atoms with E-state index in [1.54, 1.807) is 66.1 Å². The zero-order valence-electron chi connectivity index (χ0n) is 45.7. The van der Waals surface area contributed by atoms with Gasteiger partial charge in [0.25, 0.3) is 11.8 Å². The van der Waals surface area contributed by atoms with Crippen molar-refractivity contribution in [2.75, 3.05) is 27.2 Å². The molecule has 4 aliphatic rings. The van der Waals surface area contributed by atoms with E-state index >= 15 is 0 Å². The first-order valence-corrected chi connectivity index (χ1v) is 27.7. The monoisotopic (exact) mass is 1080 g/mol. The van der Waals surface area contributed by atoms with E-state index in [-0.39, 0.29) is 60.7 Å². The molecule has 8 amide bonds. The normalized spacial score (nSPS) is 22.2. The minimum atomic E-state index is -1.02. The van der Waals surface area contributed by atoms with Crippen molar-refractivity contribution in [3.8, 4) is 0 Å². The summed E-state index contributed by atoms with van der Waals surface area (Å²) in [7, 11) is 3.30. The molecule has 0 aromatic heterocycles. The molecular weight excluding hydrogens is 1000 g/mol. The number of nitrogens with zero attached hydrogens (tertiary/aromatic N) is 2. The number of halogens is 2. The van der Waals surface area contributed by atoms with Crippen LogP contribution < -0.4 is 42.5 Å². The Morgan fingerprint density at radius 3 is 1.13 bits per heavy atom. The van der Waals surface area contributed by atoms with Crippen LogP contribution in [0.4, 0.5) is 8.78 Å². The van der Waals surface area contributed by atoms with Crippen LogP contribution >= 0.6 is 0 Å². The standard InChI is InChI=1S/C58H78F2N10O8/c1-33(37-21-25-43(59)26-22-37)63-55(75)47-29-45(31-69(47)57(77)49(39-13-9-7-10-14-39)67-51(71)35(3)61-5)65-53(73)41-17-19-42(20-18-41)54(74)66-46-30-48(56(76)64-34(2)38-23-27-44(60)28-24-38)70(32-46)58(78)50(40-15-11-8-12-16-40)68-52(72)36(4)62-6/h17-28,33-36,39-40,45-50,61-62H,7-16,29-32H2,1-6H3,(H,63,75)(H,64,76)(H,65,73)(H,66,74)(H,67,71)(H,68,72)/t33-,34-,35+,36+,45+,46+,47+,48+,49+,50+/m1/s1. The number of hydrogen-bond donors (Lipinski definition) is 8. The highest BCUT2D eigenvalue weighted by atomic mass is 19.1. The molecule has 18 nitrogen and oxygen atoms in total. The molecule has 78 heavy (non-hydrogen) atoms. The summed E-state index contributed by atoms with van der Waals surface area (Å²) in [5.41, 5.74) is 1.70. The number of likely N-dealkylation sites (N-methyl/N-ethyl adjacent to an activating group) is 2. The van der Waals surface area contributed by atoms with E-state index in [9.17, 15) is 47.1 Å². The van der Waals surface area contributed by atoms with Gasteiger partial charge in [0.2, 0.25) is 35.4 Å². The average Bonchev–Trinajstić information content (AvgIpc) is 4.13. The molecule has 2 heterocycles. The Kier molecular flexibility index (Phi) is 20.5. The summed E-state index contributed by atoms with van der Waals surface area (Å²) >= 11 is 0. The van der Waals surface area contributed by atoms with Gasteiger partial charge in [0.1, 0.15) is 35.8 Å². The van der Waals surface area contributed by atoms with Crippen molar-refractivity contribution in [1.82, 2.24) is 52.3 Å². The summed E-state index contributed by atoms with van der Waals surface area (Å²) in [5, 5.41) is 23.7. The fourth-order valence-corrected chi connectivity index (χ4v) is 11.3. The van der Waals surface area contributed by atoms with Crippen molar-refractivity contribution in [1.29, 1.82) is 0 Å². The Hall–Kier alpha value is -6.80. The van der Waals surface area contributed by atoms with Gasteiger partial charge in [-0.2, -0.15) is 0 Å². The summed E-state index contributed by atoms with van der Waals surface area (Å²) in [5.74, 6) is -4.69. The predicted octanol–water partition coefficient (Wildman–Crippen LogP) is 4.46. The molecule has 2 aliphatic heterocycles. The first-order valence-electron chi connectivity index (χ1n) is 27.7. The lowest BCUT2D eigenvalue weighted by molar-refractivity contribution is -0.143. The van der Waals surface area contributed by atoms with Crippen LogP contribution in [0.2, 0.25) is 0 Å². The second-order valence-electron chi connectivity index (χ2n) is 21.8. The molecule has 3 aromatic rings. The minimum Gasteiger partial charge on any atom is -0.348 e. The van der Waals surface area contributed by atoms with Crippen LogP contribution in [0.25, 0.3) is 0 Å². The van der Waals surface area contributed by atoms with Crippen molar-refractivity contribution in [2.24, 2.45) is 11.8 Å². The minimum absolute atomic E-state index is 0.0251. The van der Waals surface area contributed by atoms with Crippen LogP contribution in [-0.4, -0.2) is 133 Å². The maximum absolute atomic E-state index is 14.8. The average molecular weight is 1080 g/mol. The molecule has 2 saturated heterocycles. The van der Waals surface area contributed by atoms with Gasteiger partial charge >= 0.3 is 0 Å². The Labute approximate surface area is 456 Å². The highest BCUT2D eigenvalue weighted by molar-refractivity contribution is 5.99.